The third-order valence-corrected chi connectivity index (χ3v) is 4.10. The van der Waals surface area contributed by atoms with Crippen molar-refractivity contribution in [2.75, 3.05) is 5.75 Å². The molecule has 1 amide bonds. The third-order valence-electron chi connectivity index (χ3n) is 3.18. The van der Waals surface area contributed by atoms with E-state index in [1.54, 1.807) is 10.7 Å². The third kappa shape index (κ3) is 4.36. The predicted molar refractivity (Wildman–Crippen MR) is 95.4 cm³/mol. The number of amides is 1. The number of phenolic OH excluding ortho intramolecular Hbond substituents is 2. The Bertz CT molecular complexity index is 929. The van der Waals surface area contributed by atoms with Crippen molar-refractivity contribution in [2.24, 2.45) is 5.10 Å². The quantitative estimate of drug-likeness (QED) is 0.258. The summed E-state index contributed by atoms with van der Waals surface area (Å²) < 4.78 is 1.54. The summed E-state index contributed by atoms with van der Waals surface area (Å²) in [7, 11) is 0. The molecular formula is C16H14N6O3S. The van der Waals surface area contributed by atoms with E-state index in [1.807, 2.05) is 30.3 Å². The molecule has 0 aliphatic heterocycles. The Morgan fingerprint density at radius 3 is 2.77 bits per heavy atom. The Kier molecular flexibility index (Phi) is 5.44. The minimum Gasteiger partial charge on any atom is -0.504 e. The van der Waals surface area contributed by atoms with E-state index in [0.717, 1.165) is 5.69 Å². The molecule has 10 heteroatoms. The van der Waals surface area contributed by atoms with Crippen LogP contribution in [0.5, 0.6) is 11.5 Å². The average Bonchev–Trinajstić information content (AvgIpc) is 3.12. The van der Waals surface area contributed by atoms with Crippen LogP contribution in [0.15, 0.2) is 58.8 Å². The van der Waals surface area contributed by atoms with Gasteiger partial charge in [0.15, 0.2) is 11.5 Å². The number of para-hydroxylation sites is 1. The highest BCUT2D eigenvalue weighted by molar-refractivity contribution is 7.99. The van der Waals surface area contributed by atoms with Gasteiger partial charge in [0.2, 0.25) is 5.16 Å². The molecule has 0 aliphatic carbocycles. The van der Waals surface area contributed by atoms with Crippen molar-refractivity contribution >= 4 is 23.9 Å². The van der Waals surface area contributed by atoms with Gasteiger partial charge in [-0.2, -0.15) is 9.78 Å². The van der Waals surface area contributed by atoms with Crippen LogP contribution in [-0.2, 0) is 4.79 Å². The van der Waals surface area contributed by atoms with Crippen LogP contribution in [0.1, 0.15) is 5.56 Å². The first kappa shape index (κ1) is 17.4. The van der Waals surface area contributed by atoms with Crippen molar-refractivity contribution in [3.8, 4) is 17.2 Å². The van der Waals surface area contributed by atoms with Crippen LogP contribution in [0.4, 0.5) is 0 Å². The normalized spacial score (nSPS) is 10.9. The first-order valence-corrected chi connectivity index (χ1v) is 8.42. The van der Waals surface area contributed by atoms with Gasteiger partial charge in [0, 0.05) is 0 Å². The van der Waals surface area contributed by atoms with E-state index in [1.165, 1.54) is 30.1 Å². The zero-order chi connectivity index (χ0) is 18.4. The molecule has 0 saturated carbocycles. The number of hydrazone groups is 1. The lowest BCUT2D eigenvalue weighted by atomic mass is 10.2. The van der Waals surface area contributed by atoms with Gasteiger partial charge in [0.1, 0.15) is 0 Å². The SMILES string of the molecule is O=C(CSc1nnnn1-c1ccccc1)N/N=C\c1ccc(O)c(O)c1. The number of nitrogens with one attached hydrogen (secondary N) is 1. The monoisotopic (exact) mass is 370 g/mol. The molecule has 9 nitrogen and oxygen atoms in total. The first-order chi connectivity index (χ1) is 12.6. The fraction of sp³-hybridized carbons (Fsp3) is 0.0625. The molecule has 3 N–H and O–H groups in total. The van der Waals surface area contributed by atoms with E-state index >= 15 is 0 Å². The van der Waals surface area contributed by atoms with E-state index in [2.05, 4.69) is 26.1 Å². The zero-order valence-electron chi connectivity index (χ0n) is 13.4. The number of thioether (sulfide) groups is 1. The molecular weight excluding hydrogens is 356 g/mol. The van der Waals surface area contributed by atoms with Gasteiger partial charge < -0.3 is 10.2 Å². The molecule has 0 saturated heterocycles. The fourth-order valence-electron chi connectivity index (χ4n) is 1.96. The number of carbonyl (C=O) groups is 1. The van der Waals surface area contributed by atoms with Crippen LogP contribution in [0.2, 0.25) is 0 Å². The Morgan fingerprint density at radius 1 is 1.19 bits per heavy atom. The molecule has 0 atom stereocenters. The molecule has 0 unspecified atom stereocenters. The Morgan fingerprint density at radius 2 is 2.00 bits per heavy atom. The van der Waals surface area contributed by atoms with Crippen LogP contribution >= 0.6 is 11.8 Å². The minimum absolute atomic E-state index is 0.0748. The van der Waals surface area contributed by atoms with E-state index in [-0.39, 0.29) is 23.2 Å². The molecule has 0 aliphatic rings. The van der Waals surface area contributed by atoms with Gasteiger partial charge in [-0.3, -0.25) is 4.79 Å². The van der Waals surface area contributed by atoms with Gasteiger partial charge in [0.05, 0.1) is 17.7 Å². The largest absolute Gasteiger partial charge is 0.504 e. The van der Waals surface area contributed by atoms with Crippen molar-refractivity contribution in [2.45, 2.75) is 5.16 Å². The van der Waals surface area contributed by atoms with E-state index in [4.69, 9.17) is 0 Å². The smallest absolute Gasteiger partial charge is 0.250 e. The molecule has 3 aromatic rings. The maximum atomic E-state index is 11.9. The predicted octanol–water partition coefficient (Wildman–Crippen LogP) is 1.32. The number of phenols is 2. The maximum absolute atomic E-state index is 11.9. The molecule has 2 aromatic carbocycles. The number of aromatic nitrogens is 4. The summed E-state index contributed by atoms with van der Waals surface area (Å²) in [6, 6.07) is 13.6. The zero-order valence-corrected chi connectivity index (χ0v) is 14.2. The number of benzene rings is 2. The van der Waals surface area contributed by atoms with Gasteiger partial charge in [-0.05, 0) is 46.3 Å². The average molecular weight is 370 g/mol. The fourth-order valence-corrected chi connectivity index (χ4v) is 2.65. The Labute approximate surface area is 152 Å². The topological polar surface area (TPSA) is 126 Å². The second kappa shape index (κ2) is 8.12. The lowest BCUT2D eigenvalue weighted by Crippen LogP contribution is -2.20. The summed E-state index contributed by atoms with van der Waals surface area (Å²) in [6.07, 6.45) is 1.36. The summed E-state index contributed by atoms with van der Waals surface area (Å²) in [5.41, 5.74) is 3.70. The van der Waals surface area contributed by atoms with Crippen LogP contribution in [0.3, 0.4) is 0 Å². The second-order valence-electron chi connectivity index (χ2n) is 5.04. The summed E-state index contributed by atoms with van der Waals surface area (Å²) in [6.45, 7) is 0. The molecule has 0 radical (unpaired) electrons. The minimum atomic E-state index is -0.336. The molecule has 1 heterocycles. The Hall–Kier alpha value is -3.40. The molecule has 26 heavy (non-hydrogen) atoms. The van der Waals surface area contributed by atoms with Crippen molar-refractivity contribution in [3.63, 3.8) is 0 Å². The van der Waals surface area contributed by atoms with Crippen molar-refractivity contribution in [1.29, 1.82) is 0 Å². The van der Waals surface area contributed by atoms with Gasteiger partial charge in [0.25, 0.3) is 5.91 Å². The van der Waals surface area contributed by atoms with Crippen LogP contribution in [-0.4, -0.2) is 48.3 Å². The molecule has 132 valence electrons. The molecule has 0 bridgehead atoms. The van der Waals surface area contributed by atoms with Crippen LogP contribution in [0.25, 0.3) is 5.69 Å². The number of aromatic hydroxyl groups is 2. The van der Waals surface area contributed by atoms with Crippen LogP contribution in [0, 0.1) is 0 Å². The second-order valence-corrected chi connectivity index (χ2v) is 5.98. The lowest BCUT2D eigenvalue weighted by Gasteiger charge is -2.03. The summed E-state index contributed by atoms with van der Waals surface area (Å²) in [5.74, 6) is -0.745. The summed E-state index contributed by atoms with van der Waals surface area (Å²) in [5, 5.41) is 34.4. The van der Waals surface area contributed by atoms with Gasteiger partial charge in [-0.1, -0.05) is 30.0 Å². The lowest BCUT2D eigenvalue weighted by molar-refractivity contribution is -0.118. The number of hydrogen-bond donors (Lipinski definition) is 3. The van der Waals surface area contributed by atoms with Crippen LogP contribution < -0.4 is 5.43 Å². The summed E-state index contributed by atoms with van der Waals surface area (Å²) in [4.78, 5) is 11.9. The summed E-state index contributed by atoms with van der Waals surface area (Å²) >= 11 is 1.18. The van der Waals surface area contributed by atoms with Crippen molar-refractivity contribution in [1.82, 2.24) is 25.6 Å². The number of tetrazole rings is 1. The van der Waals surface area contributed by atoms with Gasteiger partial charge >= 0.3 is 0 Å². The highest BCUT2D eigenvalue weighted by Crippen LogP contribution is 2.24. The van der Waals surface area contributed by atoms with E-state index in [0.29, 0.717) is 10.7 Å². The standard InChI is InChI=1S/C16H14N6O3S/c23-13-7-6-11(8-14(13)24)9-17-18-15(25)10-26-16-19-20-21-22(16)12-4-2-1-3-5-12/h1-9,23-24H,10H2,(H,18,25)/b17-9-. The highest BCUT2D eigenvalue weighted by Gasteiger charge is 2.11. The van der Waals surface area contributed by atoms with Gasteiger partial charge in [-0.25, -0.2) is 5.43 Å². The number of hydrogen-bond acceptors (Lipinski definition) is 8. The van der Waals surface area contributed by atoms with Gasteiger partial charge in [-0.15, -0.1) is 5.10 Å². The molecule has 3 rings (SSSR count). The highest BCUT2D eigenvalue weighted by atomic mass is 32.2. The maximum Gasteiger partial charge on any atom is 0.250 e. The Balaban J connectivity index is 1.54. The number of nitrogens with zero attached hydrogens (tertiary/aromatic N) is 5. The number of rotatable bonds is 6. The molecule has 0 spiro atoms. The molecule has 0 fully saturated rings. The van der Waals surface area contributed by atoms with E-state index < -0.39 is 0 Å². The first-order valence-electron chi connectivity index (χ1n) is 7.44. The van der Waals surface area contributed by atoms with Crippen molar-refractivity contribution < 1.29 is 15.0 Å². The molecule has 1 aromatic heterocycles. The van der Waals surface area contributed by atoms with E-state index in [9.17, 15) is 15.0 Å². The van der Waals surface area contributed by atoms with Crippen molar-refractivity contribution in [3.05, 3.63) is 54.1 Å². The number of carbonyl (C=O) groups excluding carboxylic acids is 1.